The minimum Gasteiger partial charge on any atom is -0.343 e. The third-order valence-electron chi connectivity index (χ3n) is 9.09. The number of nitrogens with one attached hydrogen (secondary N) is 4. The van der Waals surface area contributed by atoms with Crippen molar-refractivity contribution < 1.29 is 19.2 Å². The number of nitrogens with zero attached hydrogens (tertiary/aromatic N) is 1. The van der Waals surface area contributed by atoms with Crippen LogP contribution in [-0.4, -0.2) is 84.4 Å². The summed E-state index contributed by atoms with van der Waals surface area (Å²) in [7, 11) is 0. The summed E-state index contributed by atoms with van der Waals surface area (Å²) in [5.74, 6) is -1.35. The lowest BCUT2D eigenvalue weighted by molar-refractivity contribution is -0.140. The van der Waals surface area contributed by atoms with Gasteiger partial charge in [-0.15, -0.1) is 0 Å². The molecule has 6 atom stereocenters. The third kappa shape index (κ3) is 10.6. The van der Waals surface area contributed by atoms with E-state index in [4.69, 9.17) is 11.5 Å². The fraction of sp³-hybridized carbons (Fsp3) is 0.556. The van der Waals surface area contributed by atoms with Crippen molar-refractivity contribution in [3.8, 4) is 0 Å². The van der Waals surface area contributed by atoms with Gasteiger partial charge in [-0.1, -0.05) is 74.5 Å². The number of carbonyl (C=O) groups excluding carboxylic acids is 4. The molecule has 11 heteroatoms. The molecule has 4 rings (SSSR count). The number of benzene rings is 2. The van der Waals surface area contributed by atoms with Gasteiger partial charge in [0.2, 0.25) is 23.6 Å². The van der Waals surface area contributed by atoms with Gasteiger partial charge in [0, 0.05) is 31.6 Å². The van der Waals surface area contributed by atoms with Crippen LogP contribution in [0.15, 0.2) is 60.7 Å². The molecule has 256 valence electrons. The minimum atomic E-state index is -0.965. The highest BCUT2D eigenvalue weighted by molar-refractivity contribution is 5.95. The van der Waals surface area contributed by atoms with E-state index in [-0.39, 0.29) is 30.3 Å². The first-order valence-electron chi connectivity index (χ1n) is 17.1. The Morgan fingerprint density at radius 3 is 1.87 bits per heavy atom. The van der Waals surface area contributed by atoms with Crippen LogP contribution < -0.4 is 32.7 Å². The van der Waals surface area contributed by atoms with E-state index in [9.17, 15) is 19.2 Å². The Morgan fingerprint density at radius 1 is 0.766 bits per heavy atom. The fourth-order valence-corrected chi connectivity index (χ4v) is 6.61. The number of hydrogen-bond donors (Lipinski definition) is 6. The molecule has 2 bridgehead atoms. The molecule has 2 saturated heterocycles. The zero-order valence-electron chi connectivity index (χ0n) is 27.8. The lowest BCUT2D eigenvalue weighted by Gasteiger charge is -2.38. The highest BCUT2D eigenvalue weighted by Gasteiger charge is 2.42. The summed E-state index contributed by atoms with van der Waals surface area (Å²) in [6.07, 6.45) is 4.71. The standard InChI is InChI=1S/C36H53N7O4/c1-24(2)19-31(34(45)40-30(15-9-10-18-37)36(47)43-27-16-17-28(43)23-39-22-27)42-35(46)32(21-26-13-7-4-8-14-26)41-33(44)29(38)20-25-11-5-3-6-12-25/h3-8,11-14,24,27-32,39H,9-10,15-23,37-38H2,1-2H3,(H,40,45)(H,41,44)(H,42,46). The van der Waals surface area contributed by atoms with Crippen LogP contribution in [0.3, 0.4) is 0 Å². The average Bonchev–Trinajstić information content (AvgIpc) is 3.31. The van der Waals surface area contributed by atoms with Gasteiger partial charge in [-0.3, -0.25) is 19.2 Å². The third-order valence-corrected chi connectivity index (χ3v) is 9.09. The number of amides is 4. The van der Waals surface area contributed by atoms with Crippen molar-refractivity contribution in [2.75, 3.05) is 19.6 Å². The van der Waals surface area contributed by atoms with Crippen LogP contribution in [-0.2, 0) is 32.0 Å². The molecule has 47 heavy (non-hydrogen) atoms. The van der Waals surface area contributed by atoms with Crippen molar-refractivity contribution in [3.05, 3.63) is 71.8 Å². The number of carbonyl (C=O) groups is 4. The summed E-state index contributed by atoms with van der Waals surface area (Å²) in [5, 5.41) is 12.2. The van der Waals surface area contributed by atoms with Crippen molar-refractivity contribution in [1.29, 1.82) is 0 Å². The summed E-state index contributed by atoms with van der Waals surface area (Å²) in [5.41, 5.74) is 13.8. The zero-order chi connectivity index (χ0) is 33.8. The maximum absolute atomic E-state index is 13.9. The van der Waals surface area contributed by atoms with E-state index in [0.717, 1.165) is 43.5 Å². The second kappa shape index (κ2) is 17.9. The first-order valence-corrected chi connectivity index (χ1v) is 17.1. The number of unbranched alkanes of at least 4 members (excludes halogenated alkanes) is 1. The monoisotopic (exact) mass is 647 g/mol. The largest absolute Gasteiger partial charge is 0.343 e. The Morgan fingerprint density at radius 2 is 1.30 bits per heavy atom. The van der Waals surface area contributed by atoms with E-state index in [0.29, 0.717) is 32.2 Å². The van der Waals surface area contributed by atoms with Crippen molar-refractivity contribution >= 4 is 23.6 Å². The fourth-order valence-electron chi connectivity index (χ4n) is 6.61. The normalized spacial score (nSPS) is 19.8. The van der Waals surface area contributed by atoms with E-state index >= 15 is 0 Å². The summed E-state index contributed by atoms with van der Waals surface area (Å²) in [6, 6.07) is 15.7. The van der Waals surface area contributed by atoms with Crippen molar-refractivity contribution in [1.82, 2.24) is 26.2 Å². The highest BCUT2D eigenvalue weighted by Crippen LogP contribution is 2.28. The average molecular weight is 648 g/mol. The molecule has 2 aliphatic rings. The van der Waals surface area contributed by atoms with Crippen LogP contribution in [0.25, 0.3) is 0 Å². The molecular formula is C36H53N7O4. The van der Waals surface area contributed by atoms with Gasteiger partial charge in [0.1, 0.15) is 18.1 Å². The predicted octanol–water partition coefficient (Wildman–Crippen LogP) is 1.39. The molecule has 6 unspecified atom stereocenters. The van der Waals surface area contributed by atoms with Gasteiger partial charge in [0.05, 0.1) is 6.04 Å². The van der Waals surface area contributed by atoms with Gasteiger partial charge >= 0.3 is 0 Å². The predicted molar refractivity (Wildman–Crippen MR) is 183 cm³/mol. The zero-order valence-corrected chi connectivity index (χ0v) is 27.8. The minimum absolute atomic E-state index is 0.0689. The van der Waals surface area contributed by atoms with Crippen molar-refractivity contribution in [2.24, 2.45) is 17.4 Å². The Bertz CT molecular complexity index is 1290. The van der Waals surface area contributed by atoms with Gasteiger partial charge in [-0.05, 0) is 68.5 Å². The topological polar surface area (TPSA) is 172 Å². The van der Waals surface area contributed by atoms with E-state index in [1.807, 2.05) is 79.4 Å². The molecule has 0 spiro atoms. The van der Waals surface area contributed by atoms with E-state index in [2.05, 4.69) is 21.3 Å². The molecule has 2 aromatic rings. The molecule has 0 aliphatic carbocycles. The Kier molecular flexibility index (Phi) is 13.8. The smallest absolute Gasteiger partial charge is 0.245 e. The number of nitrogens with two attached hydrogens (primary N) is 2. The van der Waals surface area contributed by atoms with Crippen LogP contribution >= 0.6 is 0 Å². The molecule has 4 amide bonds. The quantitative estimate of drug-likeness (QED) is 0.141. The molecule has 8 N–H and O–H groups in total. The van der Waals surface area contributed by atoms with Crippen LogP contribution in [0.2, 0.25) is 0 Å². The first kappa shape index (κ1) is 36.0. The SMILES string of the molecule is CC(C)CC(NC(=O)C(Cc1ccccc1)NC(=O)C(N)Cc1ccccc1)C(=O)NC(CCCCN)C(=O)N1C2CCC1CNC2. The molecule has 2 fully saturated rings. The van der Waals surface area contributed by atoms with Crippen molar-refractivity contribution in [3.63, 3.8) is 0 Å². The molecule has 0 radical (unpaired) electrons. The van der Waals surface area contributed by atoms with Crippen LogP contribution in [0.1, 0.15) is 63.5 Å². The van der Waals surface area contributed by atoms with Crippen LogP contribution in [0, 0.1) is 5.92 Å². The van der Waals surface area contributed by atoms with Gasteiger partial charge in [0.25, 0.3) is 0 Å². The maximum Gasteiger partial charge on any atom is 0.245 e. The molecular weight excluding hydrogens is 594 g/mol. The number of hydrogen-bond acceptors (Lipinski definition) is 7. The highest BCUT2D eigenvalue weighted by atomic mass is 16.2. The second-order valence-corrected chi connectivity index (χ2v) is 13.4. The van der Waals surface area contributed by atoms with Gasteiger partial charge < -0.3 is 37.6 Å². The summed E-state index contributed by atoms with van der Waals surface area (Å²) in [4.78, 5) is 56.9. The lowest BCUT2D eigenvalue weighted by Crippen LogP contribution is -2.61. The summed E-state index contributed by atoms with van der Waals surface area (Å²) < 4.78 is 0. The Balaban J connectivity index is 1.49. The number of piperazine rings is 1. The lowest BCUT2D eigenvalue weighted by atomic mass is 9.99. The number of rotatable bonds is 17. The van der Waals surface area contributed by atoms with Gasteiger partial charge in [-0.2, -0.15) is 0 Å². The van der Waals surface area contributed by atoms with E-state index in [1.54, 1.807) is 0 Å². The molecule has 0 aromatic heterocycles. The molecule has 2 aliphatic heterocycles. The van der Waals surface area contributed by atoms with E-state index < -0.39 is 41.9 Å². The molecule has 0 saturated carbocycles. The summed E-state index contributed by atoms with van der Waals surface area (Å²) >= 11 is 0. The van der Waals surface area contributed by atoms with Crippen molar-refractivity contribution in [2.45, 2.75) is 101 Å². The van der Waals surface area contributed by atoms with Crippen LogP contribution in [0.5, 0.6) is 0 Å². The Hall–Kier alpha value is -3.80. The molecule has 11 nitrogen and oxygen atoms in total. The maximum atomic E-state index is 13.9. The molecule has 2 heterocycles. The van der Waals surface area contributed by atoms with Gasteiger partial charge in [0.15, 0.2) is 0 Å². The van der Waals surface area contributed by atoms with Gasteiger partial charge in [-0.25, -0.2) is 0 Å². The second-order valence-electron chi connectivity index (χ2n) is 13.4. The summed E-state index contributed by atoms with van der Waals surface area (Å²) in [6.45, 7) is 5.95. The molecule has 2 aromatic carbocycles. The number of fused-ring (bicyclic) bond motifs is 2. The first-order chi connectivity index (χ1) is 22.7. The van der Waals surface area contributed by atoms with E-state index in [1.165, 1.54) is 0 Å². The Labute approximate surface area is 279 Å². The van der Waals surface area contributed by atoms with Crippen LogP contribution in [0.4, 0.5) is 0 Å².